The Morgan fingerprint density at radius 2 is 1.77 bits per heavy atom. The van der Waals surface area contributed by atoms with Gasteiger partial charge in [-0.2, -0.15) is 18.4 Å². The van der Waals surface area contributed by atoms with E-state index in [9.17, 15) is 27.4 Å². The number of rotatable bonds is 8. The van der Waals surface area contributed by atoms with Gasteiger partial charge in [-0.25, -0.2) is 4.79 Å². The van der Waals surface area contributed by atoms with Crippen LogP contribution in [0, 0.1) is 11.3 Å². The van der Waals surface area contributed by atoms with Crippen LogP contribution in [0.1, 0.15) is 43.2 Å². The standard InChI is InChI=1S/C29H30F3N3O3S/c1-20-23(18-33)26(22-12-6-7-13-24(22)29(30,31)32)27(28(36)38-17-16-35-14-8-3-9-15-35)25(34-20)19-39(37)21-10-4-2-5-11-21/h2,4-7,10-13,26,34H,3,8-9,14-17,19H2,1H3. The first-order valence-electron chi connectivity index (χ1n) is 12.8. The third-order valence-electron chi connectivity index (χ3n) is 6.93. The minimum atomic E-state index is -4.72. The normalized spacial score (nSPS) is 19.3. The van der Waals surface area contributed by atoms with Gasteiger partial charge >= 0.3 is 12.1 Å². The van der Waals surface area contributed by atoms with E-state index in [0.29, 0.717) is 17.1 Å². The van der Waals surface area contributed by atoms with Crippen molar-refractivity contribution in [1.82, 2.24) is 10.2 Å². The average molecular weight is 558 g/mol. The van der Waals surface area contributed by atoms with Crippen LogP contribution >= 0.6 is 0 Å². The van der Waals surface area contributed by atoms with Gasteiger partial charge < -0.3 is 10.1 Å². The zero-order chi connectivity index (χ0) is 28.0. The lowest BCUT2D eigenvalue weighted by Gasteiger charge is -2.31. The van der Waals surface area contributed by atoms with Crippen molar-refractivity contribution in [3.63, 3.8) is 0 Å². The summed E-state index contributed by atoms with van der Waals surface area (Å²) in [5.74, 6) is -2.33. The molecule has 2 aliphatic heterocycles. The maximum Gasteiger partial charge on any atom is 0.416 e. The molecule has 10 heteroatoms. The van der Waals surface area contributed by atoms with Gasteiger partial charge in [-0.1, -0.05) is 42.8 Å². The lowest BCUT2D eigenvalue weighted by Crippen LogP contribution is -2.35. The van der Waals surface area contributed by atoms with E-state index < -0.39 is 34.4 Å². The fraction of sp³-hybridized carbons (Fsp3) is 0.379. The highest BCUT2D eigenvalue weighted by Gasteiger charge is 2.42. The molecule has 0 aromatic heterocycles. The van der Waals surface area contributed by atoms with Crippen LogP contribution in [0.5, 0.6) is 0 Å². The third kappa shape index (κ3) is 6.78. The summed E-state index contributed by atoms with van der Waals surface area (Å²) in [4.78, 5) is 16.3. The Morgan fingerprint density at radius 1 is 1.10 bits per heavy atom. The molecule has 0 saturated carbocycles. The number of hydrogen-bond acceptors (Lipinski definition) is 6. The fourth-order valence-corrected chi connectivity index (χ4v) is 6.15. The zero-order valence-corrected chi connectivity index (χ0v) is 22.4. The average Bonchev–Trinajstić information content (AvgIpc) is 2.93. The van der Waals surface area contributed by atoms with Crippen LogP contribution in [0.4, 0.5) is 13.2 Å². The number of nitriles is 1. The summed E-state index contributed by atoms with van der Waals surface area (Å²) in [5.41, 5.74) is -0.850. The lowest BCUT2D eigenvalue weighted by atomic mass is 9.79. The molecule has 0 radical (unpaired) electrons. The summed E-state index contributed by atoms with van der Waals surface area (Å²) in [6, 6.07) is 15.5. The number of carbonyl (C=O) groups is 1. The summed E-state index contributed by atoms with van der Waals surface area (Å²) in [5, 5.41) is 13.0. The maximum absolute atomic E-state index is 14.1. The number of dihydropyridines is 1. The SMILES string of the molecule is CC1=C(C#N)C(c2ccccc2C(F)(F)F)C(C(=O)OCCN2CCCCC2)=C(CS(=O)c2ccccc2)N1. The van der Waals surface area contributed by atoms with Gasteiger partial charge in [-0.3, -0.25) is 9.11 Å². The Morgan fingerprint density at radius 3 is 2.44 bits per heavy atom. The smallest absolute Gasteiger partial charge is 0.416 e. The highest BCUT2D eigenvalue weighted by atomic mass is 32.2. The van der Waals surface area contributed by atoms with Gasteiger partial charge in [-0.15, -0.1) is 0 Å². The van der Waals surface area contributed by atoms with Crippen molar-refractivity contribution in [3.05, 3.63) is 88.3 Å². The van der Waals surface area contributed by atoms with Crippen LogP contribution < -0.4 is 5.32 Å². The van der Waals surface area contributed by atoms with Crippen LogP contribution in [0.2, 0.25) is 0 Å². The zero-order valence-electron chi connectivity index (χ0n) is 21.6. The summed E-state index contributed by atoms with van der Waals surface area (Å²) in [6.07, 6.45) is -1.44. The predicted octanol–water partition coefficient (Wildman–Crippen LogP) is 5.28. The molecule has 39 heavy (non-hydrogen) atoms. The number of carbonyl (C=O) groups excluding carboxylic acids is 1. The molecule has 0 bridgehead atoms. The monoisotopic (exact) mass is 557 g/mol. The molecule has 1 saturated heterocycles. The van der Waals surface area contributed by atoms with E-state index >= 15 is 0 Å². The Hall–Kier alpha value is -3.42. The van der Waals surface area contributed by atoms with E-state index in [0.717, 1.165) is 38.4 Å². The van der Waals surface area contributed by atoms with E-state index in [2.05, 4.69) is 10.2 Å². The number of nitrogens with zero attached hydrogens (tertiary/aromatic N) is 2. The van der Waals surface area contributed by atoms with E-state index in [-0.39, 0.29) is 34.8 Å². The van der Waals surface area contributed by atoms with Crippen molar-refractivity contribution in [1.29, 1.82) is 5.26 Å². The highest BCUT2D eigenvalue weighted by Crippen LogP contribution is 2.44. The van der Waals surface area contributed by atoms with Gasteiger partial charge in [0.1, 0.15) is 6.61 Å². The van der Waals surface area contributed by atoms with Gasteiger partial charge in [-0.05, 0) is 56.6 Å². The van der Waals surface area contributed by atoms with Gasteiger partial charge in [0.15, 0.2) is 0 Å². The van der Waals surface area contributed by atoms with E-state index in [4.69, 9.17) is 4.74 Å². The molecule has 2 aromatic rings. The molecular formula is C29H30F3N3O3S. The molecule has 1 N–H and O–H groups in total. The van der Waals surface area contributed by atoms with Crippen molar-refractivity contribution < 1.29 is 26.9 Å². The first-order chi connectivity index (χ1) is 18.7. The third-order valence-corrected chi connectivity index (χ3v) is 8.28. The van der Waals surface area contributed by atoms with E-state index in [1.54, 1.807) is 37.3 Å². The first-order valence-corrected chi connectivity index (χ1v) is 14.1. The van der Waals surface area contributed by atoms with Gasteiger partial charge in [0, 0.05) is 22.8 Å². The number of esters is 1. The van der Waals surface area contributed by atoms with Crippen LogP contribution in [0.15, 0.2) is 82.0 Å². The predicted molar refractivity (Wildman–Crippen MR) is 142 cm³/mol. The lowest BCUT2D eigenvalue weighted by molar-refractivity contribution is -0.141. The number of alkyl halides is 3. The molecule has 206 valence electrons. The van der Waals surface area contributed by atoms with E-state index in [1.807, 2.05) is 6.07 Å². The van der Waals surface area contributed by atoms with Crippen molar-refractivity contribution in [2.24, 2.45) is 0 Å². The van der Waals surface area contributed by atoms with Gasteiger partial charge in [0.25, 0.3) is 0 Å². The number of ether oxygens (including phenoxy) is 1. The van der Waals surface area contributed by atoms with Crippen molar-refractivity contribution >= 4 is 16.8 Å². The minimum Gasteiger partial charge on any atom is -0.461 e. The Kier molecular flexibility index (Phi) is 9.25. The Bertz CT molecular complexity index is 1330. The first kappa shape index (κ1) is 28.6. The molecule has 6 nitrogen and oxygen atoms in total. The largest absolute Gasteiger partial charge is 0.461 e. The van der Waals surface area contributed by atoms with Crippen LogP contribution in [0.25, 0.3) is 0 Å². The molecule has 1 fully saturated rings. The molecule has 2 aromatic carbocycles. The van der Waals surface area contributed by atoms with Crippen LogP contribution in [0.3, 0.4) is 0 Å². The maximum atomic E-state index is 14.1. The van der Waals surface area contributed by atoms with E-state index in [1.165, 1.54) is 18.2 Å². The number of benzene rings is 2. The molecule has 4 rings (SSSR count). The fourth-order valence-electron chi connectivity index (χ4n) is 5.03. The quantitative estimate of drug-likeness (QED) is 0.445. The molecule has 2 unspecified atom stereocenters. The number of nitrogens with one attached hydrogen (secondary N) is 1. The summed E-state index contributed by atoms with van der Waals surface area (Å²) >= 11 is 0. The number of allylic oxidation sites excluding steroid dienone is 2. The summed E-state index contributed by atoms with van der Waals surface area (Å²) in [7, 11) is -1.61. The topological polar surface area (TPSA) is 82.4 Å². The van der Waals surface area contributed by atoms with Gasteiger partial charge in [0.05, 0.1) is 45.2 Å². The summed E-state index contributed by atoms with van der Waals surface area (Å²) < 4.78 is 61.1. The minimum absolute atomic E-state index is 0.0241. The Balaban J connectivity index is 1.76. The number of hydrogen-bond donors (Lipinski definition) is 1. The highest BCUT2D eigenvalue weighted by molar-refractivity contribution is 7.85. The second-order valence-corrected chi connectivity index (χ2v) is 11.0. The van der Waals surface area contributed by atoms with Gasteiger partial charge in [0.2, 0.25) is 0 Å². The Labute approximate surface area is 228 Å². The molecule has 2 heterocycles. The van der Waals surface area contributed by atoms with Crippen molar-refractivity contribution in [3.8, 4) is 6.07 Å². The second-order valence-electron chi connectivity index (χ2n) is 9.53. The van der Waals surface area contributed by atoms with Crippen molar-refractivity contribution in [2.45, 2.75) is 43.2 Å². The van der Waals surface area contributed by atoms with Crippen molar-refractivity contribution in [2.75, 3.05) is 32.0 Å². The van der Waals surface area contributed by atoms with Crippen LogP contribution in [-0.4, -0.2) is 47.1 Å². The molecule has 0 spiro atoms. The molecule has 2 aliphatic rings. The number of likely N-dealkylation sites (tertiary alicyclic amines) is 1. The molecule has 0 amide bonds. The molecule has 2 atom stereocenters. The summed E-state index contributed by atoms with van der Waals surface area (Å²) in [6.45, 7) is 3.90. The van der Waals surface area contributed by atoms with Crippen LogP contribution in [-0.2, 0) is 26.5 Å². The molecule has 0 aliphatic carbocycles. The number of halogens is 3. The number of piperidine rings is 1. The second kappa shape index (κ2) is 12.6. The molecular weight excluding hydrogens is 527 g/mol.